The molecule has 3 rings (SSSR count). The number of hydrogen-bond acceptors (Lipinski definition) is 4. The number of rotatable bonds is 2. The van der Waals surface area contributed by atoms with Crippen LogP contribution in [-0.4, -0.2) is 39.2 Å². The Kier molecular flexibility index (Phi) is 4.71. The van der Waals surface area contributed by atoms with E-state index >= 15 is 0 Å². The lowest BCUT2D eigenvalue weighted by atomic mass is 10.1. The van der Waals surface area contributed by atoms with Crippen LogP contribution in [0.15, 0.2) is 24.3 Å². The minimum Gasteiger partial charge on any atom is -0.444 e. The van der Waals surface area contributed by atoms with E-state index in [0.717, 1.165) is 16.8 Å². The van der Waals surface area contributed by atoms with Crippen molar-refractivity contribution in [1.29, 1.82) is 0 Å². The Labute approximate surface area is 152 Å². The van der Waals surface area contributed by atoms with Crippen molar-refractivity contribution in [3.63, 3.8) is 0 Å². The van der Waals surface area contributed by atoms with Crippen LogP contribution in [0.1, 0.15) is 48.0 Å². The van der Waals surface area contributed by atoms with Crippen LogP contribution in [-0.2, 0) is 17.7 Å². The highest BCUT2D eigenvalue weighted by atomic mass is 16.6. The van der Waals surface area contributed by atoms with Gasteiger partial charge in [-0.25, -0.2) is 4.79 Å². The molecule has 138 valence electrons. The van der Waals surface area contributed by atoms with Gasteiger partial charge < -0.3 is 15.0 Å². The van der Waals surface area contributed by atoms with Crippen molar-refractivity contribution >= 4 is 17.8 Å². The molecule has 0 spiro atoms. The largest absolute Gasteiger partial charge is 0.444 e. The van der Waals surface area contributed by atoms with Crippen LogP contribution in [0.5, 0.6) is 0 Å². The van der Waals surface area contributed by atoms with E-state index in [1.54, 1.807) is 11.0 Å². The molecule has 1 aromatic heterocycles. The van der Waals surface area contributed by atoms with E-state index in [4.69, 9.17) is 4.74 Å². The number of amides is 2. The van der Waals surface area contributed by atoms with Crippen molar-refractivity contribution in [1.82, 2.24) is 15.1 Å². The second-order valence-electron chi connectivity index (χ2n) is 7.45. The molecule has 0 radical (unpaired) electrons. The Morgan fingerprint density at radius 1 is 1.27 bits per heavy atom. The molecule has 0 bridgehead atoms. The monoisotopic (exact) mass is 356 g/mol. The summed E-state index contributed by atoms with van der Waals surface area (Å²) >= 11 is 0. The number of benzene rings is 1. The first-order valence-corrected chi connectivity index (χ1v) is 8.65. The molecule has 2 N–H and O–H groups in total. The number of nitrogens with one attached hydrogen (secondary N) is 2. The fraction of sp³-hybridized carbons (Fsp3) is 0.421. The summed E-state index contributed by atoms with van der Waals surface area (Å²) in [7, 11) is 0. The van der Waals surface area contributed by atoms with Crippen molar-refractivity contribution in [3.8, 4) is 0 Å². The maximum atomic E-state index is 12.5. The number of aryl methyl sites for hydroxylation is 1. The molecule has 1 aromatic carbocycles. The topological polar surface area (TPSA) is 87.3 Å². The molecule has 2 amide bonds. The normalized spacial score (nSPS) is 13.9. The SMILES string of the molecule is Cc1ccccc1C(=O)Nc1n[nH]c2c1CCN(C(=O)OC(C)(C)C)C2. The summed E-state index contributed by atoms with van der Waals surface area (Å²) in [5.74, 6) is 0.337. The van der Waals surface area contributed by atoms with Crippen molar-refractivity contribution in [2.45, 2.75) is 46.3 Å². The van der Waals surface area contributed by atoms with Crippen molar-refractivity contribution in [3.05, 3.63) is 46.6 Å². The predicted octanol–water partition coefficient (Wildman–Crippen LogP) is 3.26. The molecule has 26 heavy (non-hydrogen) atoms. The maximum Gasteiger partial charge on any atom is 0.410 e. The number of anilines is 1. The Balaban J connectivity index is 1.71. The highest BCUT2D eigenvalue weighted by Crippen LogP contribution is 2.25. The summed E-state index contributed by atoms with van der Waals surface area (Å²) < 4.78 is 5.42. The van der Waals surface area contributed by atoms with E-state index in [0.29, 0.717) is 30.9 Å². The van der Waals surface area contributed by atoms with Crippen molar-refractivity contribution in [2.24, 2.45) is 0 Å². The maximum absolute atomic E-state index is 12.5. The van der Waals surface area contributed by atoms with Gasteiger partial charge in [-0.1, -0.05) is 18.2 Å². The van der Waals surface area contributed by atoms with Crippen LogP contribution in [0.3, 0.4) is 0 Å². The number of aromatic nitrogens is 2. The minimum absolute atomic E-state index is 0.188. The van der Waals surface area contributed by atoms with Gasteiger partial charge in [0.25, 0.3) is 5.91 Å². The number of nitrogens with zero attached hydrogens (tertiary/aromatic N) is 2. The molecule has 0 saturated heterocycles. The lowest BCUT2D eigenvalue weighted by Crippen LogP contribution is -2.39. The molecular formula is C19H24N4O3. The van der Waals surface area contributed by atoms with Gasteiger partial charge >= 0.3 is 6.09 Å². The van der Waals surface area contributed by atoms with Gasteiger partial charge in [0.1, 0.15) is 5.60 Å². The number of fused-ring (bicyclic) bond motifs is 1. The Hall–Kier alpha value is -2.83. The summed E-state index contributed by atoms with van der Waals surface area (Å²) in [5, 5.41) is 10.0. The van der Waals surface area contributed by atoms with Crippen molar-refractivity contribution in [2.75, 3.05) is 11.9 Å². The number of carbonyl (C=O) groups is 2. The highest BCUT2D eigenvalue weighted by molar-refractivity contribution is 6.05. The van der Waals surface area contributed by atoms with E-state index in [2.05, 4.69) is 15.5 Å². The van der Waals surface area contributed by atoms with E-state index < -0.39 is 5.60 Å². The van der Waals surface area contributed by atoms with Gasteiger partial charge in [0.15, 0.2) is 5.82 Å². The molecule has 0 saturated carbocycles. The lowest BCUT2D eigenvalue weighted by molar-refractivity contribution is 0.0221. The standard InChI is InChI=1S/C19H24N4O3/c1-12-7-5-6-8-13(12)17(24)20-16-14-9-10-23(11-15(14)21-22-16)18(25)26-19(2,3)4/h5-8H,9-11H2,1-4H3,(H2,20,21,22,24). The highest BCUT2D eigenvalue weighted by Gasteiger charge is 2.28. The van der Waals surface area contributed by atoms with Gasteiger partial charge in [-0.15, -0.1) is 0 Å². The number of carbonyl (C=O) groups excluding carboxylic acids is 2. The molecule has 7 heteroatoms. The Morgan fingerprint density at radius 3 is 2.69 bits per heavy atom. The van der Waals surface area contributed by atoms with Crippen LogP contribution < -0.4 is 5.32 Å². The first-order valence-electron chi connectivity index (χ1n) is 8.65. The smallest absolute Gasteiger partial charge is 0.410 e. The third kappa shape index (κ3) is 3.87. The zero-order chi connectivity index (χ0) is 18.9. The zero-order valence-corrected chi connectivity index (χ0v) is 15.5. The van der Waals surface area contributed by atoms with Crippen LogP contribution in [0, 0.1) is 6.92 Å². The molecule has 1 aliphatic heterocycles. The van der Waals surface area contributed by atoms with Crippen molar-refractivity contribution < 1.29 is 14.3 Å². The summed E-state index contributed by atoms with van der Waals surface area (Å²) in [6.45, 7) is 8.33. The number of H-pyrrole nitrogens is 1. The number of ether oxygens (including phenoxy) is 1. The molecule has 1 aliphatic rings. The molecule has 0 atom stereocenters. The van der Waals surface area contributed by atoms with Gasteiger partial charge in [0.2, 0.25) is 0 Å². The van der Waals surface area contributed by atoms with E-state index in [9.17, 15) is 9.59 Å². The molecule has 0 fully saturated rings. The first-order chi connectivity index (χ1) is 12.2. The van der Waals surface area contributed by atoms with Crippen LogP contribution in [0.4, 0.5) is 10.6 Å². The summed E-state index contributed by atoms with van der Waals surface area (Å²) in [6, 6.07) is 7.41. The summed E-state index contributed by atoms with van der Waals surface area (Å²) in [6.07, 6.45) is 0.261. The van der Waals surface area contributed by atoms with E-state index in [-0.39, 0.29) is 12.0 Å². The van der Waals surface area contributed by atoms with Gasteiger partial charge in [0, 0.05) is 17.7 Å². The molecule has 7 nitrogen and oxygen atoms in total. The van der Waals surface area contributed by atoms with Gasteiger partial charge in [-0.2, -0.15) is 5.10 Å². The number of hydrogen-bond donors (Lipinski definition) is 2. The van der Waals surface area contributed by atoms with Crippen LogP contribution >= 0.6 is 0 Å². The van der Waals surface area contributed by atoms with E-state index in [1.807, 2.05) is 45.9 Å². The second-order valence-corrected chi connectivity index (χ2v) is 7.45. The predicted molar refractivity (Wildman–Crippen MR) is 98.1 cm³/mol. The minimum atomic E-state index is -0.530. The Bertz CT molecular complexity index is 836. The quantitative estimate of drug-likeness (QED) is 0.864. The van der Waals surface area contributed by atoms with Crippen LogP contribution in [0.2, 0.25) is 0 Å². The summed E-state index contributed by atoms with van der Waals surface area (Å²) in [4.78, 5) is 26.4. The average molecular weight is 356 g/mol. The van der Waals surface area contributed by atoms with E-state index in [1.165, 1.54) is 0 Å². The third-order valence-corrected chi connectivity index (χ3v) is 4.21. The second kappa shape index (κ2) is 6.82. The first kappa shape index (κ1) is 18.0. The fourth-order valence-electron chi connectivity index (χ4n) is 2.91. The van der Waals surface area contributed by atoms with Gasteiger partial charge in [-0.05, 0) is 45.7 Å². The average Bonchev–Trinajstić information content (AvgIpc) is 2.96. The van der Waals surface area contributed by atoms with Gasteiger partial charge in [-0.3, -0.25) is 9.89 Å². The van der Waals surface area contributed by atoms with Crippen LogP contribution in [0.25, 0.3) is 0 Å². The molecule has 2 aromatic rings. The third-order valence-electron chi connectivity index (χ3n) is 4.21. The van der Waals surface area contributed by atoms with Gasteiger partial charge in [0.05, 0.1) is 12.2 Å². The molecule has 2 heterocycles. The Morgan fingerprint density at radius 2 is 2.00 bits per heavy atom. The fourth-order valence-corrected chi connectivity index (χ4v) is 2.91. The lowest BCUT2D eigenvalue weighted by Gasteiger charge is -2.29. The molecular weight excluding hydrogens is 332 g/mol. The molecule has 0 aliphatic carbocycles. The number of aromatic amines is 1. The zero-order valence-electron chi connectivity index (χ0n) is 15.5. The summed E-state index contributed by atoms with van der Waals surface area (Å²) in [5.41, 5.74) is 2.76. The molecule has 0 unspecified atom stereocenters.